The molecule has 1 aromatic rings. The van der Waals surface area contributed by atoms with E-state index in [0.717, 1.165) is 11.3 Å². The van der Waals surface area contributed by atoms with Crippen molar-refractivity contribution >= 4 is 11.9 Å². The summed E-state index contributed by atoms with van der Waals surface area (Å²) in [6, 6.07) is 7.59. The van der Waals surface area contributed by atoms with Crippen LogP contribution in [0, 0.1) is 12.8 Å². The molecule has 0 aromatic heterocycles. The molecule has 0 aliphatic rings. The van der Waals surface area contributed by atoms with Gasteiger partial charge in [0.15, 0.2) is 0 Å². The van der Waals surface area contributed by atoms with E-state index >= 15 is 0 Å². The normalized spacial score (nSPS) is 10.5. The largest absolute Gasteiger partial charge is 0.493 e. The topological polar surface area (TPSA) is 66.8 Å². The van der Waals surface area contributed by atoms with Gasteiger partial charge in [0.25, 0.3) is 0 Å². The Balaban J connectivity index is 2.47. The van der Waals surface area contributed by atoms with Crippen molar-refractivity contribution in [1.29, 1.82) is 0 Å². The van der Waals surface area contributed by atoms with Gasteiger partial charge in [-0.25, -0.2) is 0 Å². The van der Waals surface area contributed by atoms with Crippen molar-refractivity contribution in [2.75, 3.05) is 19.7 Å². The van der Waals surface area contributed by atoms with Gasteiger partial charge in [0.05, 0.1) is 13.0 Å². The molecular weight excluding hydrogens is 270 g/mol. The number of hydrogen-bond acceptors (Lipinski definition) is 3. The van der Waals surface area contributed by atoms with Crippen LogP contribution in [0.4, 0.5) is 0 Å². The molecule has 21 heavy (non-hydrogen) atoms. The van der Waals surface area contributed by atoms with Gasteiger partial charge in [0, 0.05) is 6.54 Å². The minimum Gasteiger partial charge on any atom is -0.493 e. The number of aliphatic carboxylic acids is 1. The molecule has 1 rings (SSSR count). The van der Waals surface area contributed by atoms with E-state index in [4.69, 9.17) is 9.84 Å². The number of hydrogen-bond donors (Lipinski definition) is 1. The average Bonchev–Trinajstić information content (AvgIpc) is 2.36. The van der Waals surface area contributed by atoms with Crippen LogP contribution in [0.1, 0.15) is 25.8 Å². The Kier molecular flexibility index (Phi) is 6.72. The predicted octanol–water partition coefficient (Wildman–Crippen LogP) is 2.33. The summed E-state index contributed by atoms with van der Waals surface area (Å²) >= 11 is 0. The number of nitrogens with zero attached hydrogens (tertiary/aromatic N) is 1. The molecule has 116 valence electrons. The molecule has 1 N–H and O–H groups in total. The fraction of sp³-hybridized carbons (Fsp3) is 0.500. The van der Waals surface area contributed by atoms with Gasteiger partial charge in [-0.1, -0.05) is 26.0 Å². The van der Waals surface area contributed by atoms with Gasteiger partial charge in [0.2, 0.25) is 5.91 Å². The molecule has 1 aromatic carbocycles. The molecule has 0 bridgehead atoms. The van der Waals surface area contributed by atoms with Crippen LogP contribution in [0.25, 0.3) is 0 Å². The maximum atomic E-state index is 12.1. The van der Waals surface area contributed by atoms with E-state index in [2.05, 4.69) is 0 Å². The maximum Gasteiger partial charge on any atom is 0.323 e. The Morgan fingerprint density at radius 1 is 1.33 bits per heavy atom. The third-order valence-electron chi connectivity index (χ3n) is 2.84. The lowest BCUT2D eigenvalue weighted by Gasteiger charge is -2.22. The fourth-order valence-electron chi connectivity index (χ4n) is 1.98. The number of amides is 1. The number of benzene rings is 1. The zero-order valence-corrected chi connectivity index (χ0v) is 12.8. The van der Waals surface area contributed by atoms with Crippen LogP contribution in [0.2, 0.25) is 0 Å². The van der Waals surface area contributed by atoms with Crippen molar-refractivity contribution in [2.24, 2.45) is 5.92 Å². The van der Waals surface area contributed by atoms with Gasteiger partial charge < -0.3 is 14.7 Å². The molecule has 0 atom stereocenters. The molecule has 0 saturated heterocycles. The second-order valence-electron chi connectivity index (χ2n) is 5.48. The summed E-state index contributed by atoms with van der Waals surface area (Å²) in [5, 5.41) is 8.85. The SMILES string of the molecule is Cc1cccc(OCCC(=O)N(CC(=O)O)CC(C)C)c1. The van der Waals surface area contributed by atoms with Crippen molar-refractivity contribution in [3.05, 3.63) is 29.8 Å². The lowest BCUT2D eigenvalue weighted by molar-refractivity contribution is -0.145. The molecule has 1 amide bonds. The second kappa shape index (κ2) is 8.29. The Bertz CT molecular complexity index is 485. The summed E-state index contributed by atoms with van der Waals surface area (Å²) in [5.74, 6) is -0.246. The molecular formula is C16H23NO4. The fourth-order valence-corrected chi connectivity index (χ4v) is 1.98. The van der Waals surface area contributed by atoms with Gasteiger partial charge in [-0.05, 0) is 30.5 Å². The van der Waals surface area contributed by atoms with E-state index in [-0.39, 0.29) is 31.4 Å². The maximum absolute atomic E-state index is 12.1. The van der Waals surface area contributed by atoms with Gasteiger partial charge in [-0.15, -0.1) is 0 Å². The number of carboxylic acid groups (broad SMARTS) is 1. The first-order chi connectivity index (χ1) is 9.88. The van der Waals surface area contributed by atoms with Crippen LogP contribution in [-0.4, -0.2) is 41.6 Å². The number of carbonyl (C=O) groups excluding carboxylic acids is 1. The van der Waals surface area contributed by atoms with Crippen LogP contribution >= 0.6 is 0 Å². The number of ether oxygens (including phenoxy) is 1. The van der Waals surface area contributed by atoms with E-state index in [9.17, 15) is 9.59 Å². The van der Waals surface area contributed by atoms with Crippen molar-refractivity contribution in [3.8, 4) is 5.75 Å². The zero-order valence-electron chi connectivity index (χ0n) is 12.8. The third-order valence-corrected chi connectivity index (χ3v) is 2.84. The third kappa shape index (κ3) is 6.79. The quantitative estimate of drug-likeness (QED) is 0.799. The van der Waals surface area contributed by atoms with Crippen molar-refractivity contribution in [1.82, 2.24) is 4.90 Å². The minimum absolute atomic E-state index is 0.175. The zero-order chi connectivity index (χ0) is 15.8. The molecule has 0 spiro atoms. The molecule has 0 unspecified atom stereocenters. The molecule has 0 saturated carbocycles. The second-order valence-corrected chi connectivity index (χ2v) is 5.48. The standard InChI is InChI=1S/C16H23NO4/c1-12(2)10-17(11-16(19)20)15(18)7-8-21-14-6-4-5-13(3)9-14/h4-6,9,12H,7-8,10-11H2,1-3H3,(H,19,20). The van der Waals surface area contributed by atoms with Crippen LogP contribution < -0.4 is 4.74 Å². The number of carbonyl (C=O) groups is 2. The van der Waals surface area contributed by atoms with E-state index in [1.165, 1.54) is 4.90 Å². The lowest BCUT2D eigenvalue weighted by Crippen LogP contribution is -2.38. The van der Waals surface area contributed by atoms with Gasteiger partial charge >= 0.3 is 5.97 Å². The Morgan fingerprint density at radius 2 is 2.05 bits per heavy atom. The average molecular weight is 293 g/mol. The van der Waals surface area contributed by atoms with Gasteiger partial charge in [-0.2, -0.15) is 0 Å². The van der Waals surface area contributed by atoms with Crippen LogP contribution in [-0.2, 0) is 9.59 Å². The first-order valence-electron chi connectivity index (χ1n) is 7.07. The van der Waals surface area contributed by atoms with E-state index in [1.54, 1.807) is 0 Å². The molecule has 5 heteroatoms. The van der Waals surface area contributed by atoms with E-state index in [1.807, 2.05) is 45.0 Å². The highest BCUT2D eigenvalue weighted by Gasteiger charge is 2.17. The summed E-state index contributed by atoms with van der Waals surface area (Å²) in [6.07, 6.45) is 0.175. The molecule has 0 aliphatic heterocycles. The first-order valence-corrected chi connectivity index (χ1v) is 7.07. The molecule has 0 aliphatic carbocycles. The minimum atomic E-state index is -0.997. The van der Waals surface area contributed by atoms with Crippen molar-refractivity contribution in [3.63, 3.8) is 0 Å². The monoisotopic (exact) mass is 293 g/mol. The van der Waals surface area contributed by atoms with Gasteiger partial charge in [-0.3, -0.25) is 9.59 Å². The summed E-state index contributed by atoms with van der Waals surface area (Å²) in [6.45, 7) is 6.29. The molecule has 0 fully saturated rings. The number of aryl methyl sites for hydroxylation is 1. The van der Waals surface area contributed by atoms with E-state index in [0.29, 0.717) is 6.54 Å². The summed E-state index contributed by atoms with van der Waals surface area (Å²) in [7, 11) is 0. The predicted molar refractivity (Wildman–Crippen MR) is 80.3 cm³/mol. The Hall–Kier alpha value is -2.04. The highest BCUT2D eigenvalue weighted by molar-refractivity contribution is 5.81. The van der Waals surface area contributed by atoms with Crippen LogP contribution in [0.3, 0.4) is 0 Å². The van der Waals surface area contributed by atoms with Gasteiger partial charge in [0.1, 0.15) is 12.3 Å². The number of carboxylic acids is 1. The highest BCUT2D eigenvalue weighted by atomic mass is 16.5. The van der Waals surface area contributed by atoms with Crippen LogP contribution in [0.5, 0.6) is 5.75 Å². The lowest BCUT2D eigenvalue weighted by atomic mass is 10.2. The van der Waals surface area contributed by atoms with Crippen molar-refractivity contribution < 1.29 is 19.4 Å². The Labute approximate surface area is 125 Å². The van der Waals surface area contributed by atoms with E-state index < -0.39 is 5.97 Å². The smallest absolute Gasteiger partial charge is 0.323 e. The highest BCUT2D eigenvalue weighted by Crippen LogP contribution is 2.12. The Morgan fingerprint density at radius 3 is 2.62 bits per heavy atom. The summed E-state index contributed by atoms with van der Waals surface area (Å²) < 4.78 is 5.52. The molecule has 5 nitrogen and oxygen atoms in total. The summed E-state index contributed by atoms with van der Waals surface area (Å²) in [5.41, 5.74) is 1.09. The summed E-state index contributed by atoms with van der Waals surface area (Å²) in [4.78, 5) is 24.2. The molecule has 0 radical (unpaired) electrons. The number of rotatable bonds is 8. The molecule has 0 heterocycles. The van der Waals surface area contributed by atoms with Crippen molar-refractivity contribution in [2.45, 2.75) is 27.2 Å². The van der Waals surface area contributed by atoms with Crippen LogP contribution in [0.15, 0.2) is 24.3 Å². The first kappa shape index (κ1) is 17.0.